The molecule has 0 aliphatic heterocycles. The number of carboxylic acids is 2. The second-order valence-electron chi connectivity index (χ2n) is 6.76. The van der Waals surface area contributed by atoms with E-state index in [-0.39, 0.29) is 18.8 Å². The predicted octanol–water partition coefficient (Wildman–Crippen LogP) is -2.73. The third-order valence-corrected chi connectivity index (χ3v) is 4.27. The molecule has 0 bridgehead atoms. The fourth-order valence-electron chi connectivity index (χ4n) is 2.29. The minimum Gasteiger partial charge on any atom is -0.481 e. The molecule has 0 rings (SSSR count). The lowest BCUT2D eigenvalue weighted by Gasteiger charge is -2.25. The second kappa shape index (κ2) is 13.1. The van der Waals surface area contributed by atoms with Crippen LogP contribution in [0.2, 0.25) is 0 Å². The topological polar surface area (TPSA) is 231 Å². The fraction of sp³-hybridized carbons (Fsp3) is 0.647. The molecular weight excluding hydrogens is 402 g/mol. The zero-order chi connectivity index (χ0) is 23.4. The van der Waals surface area contributed by atoms with Crippen LogP contribution in [-0.2, 0) is 28.8 Å². The van der Waals surface area contributed by atoms with Crippen LogP contribution in [0.1, 0.15) is 39.5 Å². The normalized spacial score (nSPS) is 14.5. The van der Waals surface area contributed by atoms with Gasteiger partial charge in [0.25, 0.3) is 0 Å². The van der Waals surface area contributed by atoms with Gasteiger partial charge in [0.15, 0.2) is 0 Å². The molecule has 170 valence electrons. The van der Waals surface area contributed by atoms with Gasteiger partial charge in [-0.1, -0.05) is 20.3 Å². The molecule has 4 atom stereocenters. The van der Waals surface area contributed by atoms with Crippen molar-refractivity contribution in [2.75, 3.05) is 6.54 Å². The summed E-state index contributed by atoms with van der Waals surface area (Å²) in [7, 11) is 0. The summed E-state index contributed by atoms with van der Waals surface area (Å²) in [5, 5.41) is 24.3. The van der Waals surface area contributed by atoms with Crippen LogP contribution in [0, 0.1) is 5.92 Å². The first-order valence-electron chi connectivity index (χ1n) is 9.24. The molecule has 0 spiro atoms. The largest absolute Gasteiger partial charge is 0.481 e. The molecule has 0 aromatic carbocycles. The van der Waals surface area contributed by atoms with Crippen LogP contribution in [0.25, 0.3) is 0 Å². The van der Waals surface area contributed by atoms with Crippen LogP contribution < -0.4 is 27.4 Å². The van der Waals surface area contributed by atoms with Crippen molar-refractivity contribution in [2.24, 2.45) is 17.4 Å². The Kier molecular flexibility index (Phi) is 11.7. The minimum absolute atomic E-state index is 0.00142. The van der Waals surface area contributed by atoms with Crippen LogP contribution in [0.15, 0.2) is 0 Å². The number of carbonyl (C=O) groups is 6. The Morgan fingerprint density at radius 2 is 1.60 bits per heavy atom. The van der Waals surface area contributed by atoms with E-state index in [2.05, 4.69) is 10.6 Å². The molecule has 0 saturated carbocycles. The van der Waals surface area contributed by atoms with Crippen LogP contribution in [0.4, 0.5) is 0 Å². The molecule has 0 aliphatic carbocycles. The molecule has 13 heteroatoms. The first-order valence-corrected chi connectivity index (χ1v) is 9.24. The van der Waals surface area contributed by atoms with E-state index in [9.17, 15) is 28.8 Å². The first kappa shape index (κ1) is 26.8. The first-order chi connectivity index (χ1) is 13.9. The number of hydrogen-bond acceptors (Lipinski definition) is 7. The van der Waals surface area contributed by atoms with Crippen LogP contribution in [0.5, 0.6) is 0 Å². The lowest BCUT2D eigenvalue weighted by atomic mass is 9.97. The number of amides is 4. The zero-order valence-electron chi connectivity index (χ0n) is 16.8. The van der Waals surface area contributed by atoms with Crippen molar-refractivity contribution < 1.29 is 39.0 Å². The Bertz CT molecular complexity index is 669. The summed E-state index contributed by atoms with van der Waals surface area (Å²) in [6.07, 6.45) is -0.431. The molecule has 0 saturated heterocycles. The van der Waals surface area contributed by atoms with Crippen molar-refractivity contribution in [3.05, 3.63) is 0 Å². The average Bonchev–Trinajstić information content (AvgIpc) is 2.66. The van der Waals surface area contributed by atoms with Gasteiger partial charge in [-0.05, 0) is 12.3 Å². The van der Waals surface area contributed by atoms with Gasteiger partial charge in [0, 0.05) is 6.42 Å². The summed E-state index contributed by atoms with van der Waals surface area (Å²) in [6.45, 7) is 2.84. The van der Waals surface area contributed by atoms with E-state index in [1.54, 1.807) is 13.8 Å². The monoisotopic (exact) mass is 431 g/mol. The van der Waals surface area contributed by atoms with Crippen molar-refractivity contribution in [3.8, 4) is 0 Å². The molecule has 4 unspecified atom stereocenters. The average molecular weight is 431 g/mol. The van der Waals surface area contributed by atoms with E-state index in [1.807, 2.05) is 5.32 Å². The summed E-state index contributed by atoms with van der Waals surface area (Å²) < 4.78 is 0. The van der Waals surface area contributed by atoms with Crippen molar-refractivity contribution in [1.82, 2.24) is 16.0 Å². The zero-order valence-corrected chi connectivity index (χ0v) is 16.8. The van der Waals surface area contributed by atoms with Crippen molar-refractivity contribution >= 4 is 35.6 Å². The maximum atomic E-state index is 12.4. The summed E-state index contributed by atoms with van der Waals surface area (Å²) in [6, 6.07) is -3.75. The van der Waals surface area contributed by atoms with E-state index in [0.717, 1.165) is 0 Å². The van der Waals surface area contributed by atoms with E-state index in [0.29, 0.717) is 6.42 Å². The number of nitrogens with two attached hydrogens (primary N) is 2. The van der Waals surface area contributed by atoms with Crippen LogP contribution >= 0.6 is 0 Å². The number of rotatable bonds is 14. The molecule has 0 radical (unpaired) electrons. The smallest absolute Gasteiger partial charge is 0.326 e. The molecule has 30 heavy (non-hydrogen) atoms. The Balaban J connectivity index is 4.90. The molecule has 0 fully saturated rings. The van der Waals surface area contributed by atoms with E-state index >= 15 is 0 Å². The lowest BCUT2D eigenvalue weighted by molar-refractivity contribution is -0.147. The van der Waals surface area contributed by atoms with E-state index < -0.39 is 66.7 Å². The summed E-state index contributed by atoms with van der Waals surface area (Å²) in [4.78, 5) is 68.9. The molecule has 4 amide bonds. The van der Waals surface area contributed by atoms with Gasteiger partial charge < -0.3 is 37.6 Å². The SMILES string of the molecule is CCC(C)C(NC(=O)C(N)CCC(N)=O)C(=O)NCC(=O)NC(CC(=O)O)C(=O)O. The van der Waals surface area contributed by atoms with Gasteiger partial charge in [-0.15, -0.1) is 0 Å². The molecule has 9 N–H and O–H groups in total. The highest BCUT2D eigenvalue weighted by Gasteiger charge is 2.29. The van der Waals surface area contributed by atoms with Crippen molar-refractivity contribution in [2.45, 2.75) is 57.7 Å². The highest BCUT2D eigenvalue weighted by Crippen LogP contribution is 2.09. The minimum atomic E-state index is -1.65. The Hall–Kier alpha value is -3.22. The third kappa shape index (κ3) is 10.4. The Labute approximate surface area is 172 Å². The third-order valence-electron chi connectivity index (χ3n) is 4.27. The van der Waals surface area contributed by atoms with Crippen LogP contribution in [-0.4, -0.2) is 70.5 Å². The standard InChI is InChI=1S/C17H29N5O8/c1-3-8(2)14(22-15(27)9(18)4-5-11(19)23)16(28)20-7-12(24)21-10(17(29)30)6-13(25)26/h8-10,14H,3-7,18H2,1-2H3,(H2,19,23)(H,20,28)(H,21,24)(H,22,27)(H,25,26)(H,29,30). The second-order valence-corrected chi connectivity index (χ2v) is 6.76. The number of carboxylic acid groups (broad SMARTS) is 2. The number of primary amides is 1. The number of carbonyl (C=O) groups excluding carboxylic acids is 4. The van der Waals surface area contributed by atoms with Gasteiger partial charge in [-0.2, -0.15) is 0 Å². The Morgan fingerprint density at radius 1 is 1.00 bits per heavy atom. The van der Waals surface area contributed by atoms with Crippen molar-refractivity contribution in [1.29, 1.82) is 0 Å². The summed E-state index contributed by atoms with van der Waals surface area (Å²) in [5.41, 5.74) is 10.7. The predicted molar refractivity (Wildman–Crippen MR) is 103 cm³/mol. The maximum Gasteiger partial charge on any atom is 0.326 e. The van der Waals surface area contributed by atoms with Gasteiger partial charge in [0.05, 0.1) is 19.0 Å². The Morgan fingerprint density at radius 3 is 2.07 bits per heavy atom. The summed E-state index contributed by atoms with van der Waals surface area (Å²) in [5.74, 6) is -6.20. The molecular formula is C17H29N5O8. The van der Waals surface area contributed by atoms with Gasteiger partial charge in [-0.25, -0.2) is 4.79 Å². The number of aliphatic carboxylic acids is 2. The molecule has 0 aliphatic rings. The molecule has 0 heterocycles. The quantitative estimate of drug-likeness (QED) is 0.151. The van der Waals surface area contributed by atoms with Gasteiger partial charge in [0.2, 0.25) is 23.6 Å². The van der Waals surface area contributed by atoms with E-state index in [1.165, 1.54) is 0 Å². The molecule has 0 aromatic heterocycles. The highest BCUT2D eigenvalue weighted by atomic mass is 16.4. The van der Waals surface area contributed by atoms with E-state index in [4.69, 9.17) is 21.7 Å². The number of hydrogen-bond donors (Lipinski definition) is 7. The fourth-order valence-corrected chi connectivity index (χ4v) is 2.29. The highest BCUT2D eigenvalue weighted by molar-refractivity contribution is 5.93. The molecule has 0 aromatic rings. The van der Waals surface area contributed by atoms with Crippen LogP contribution in [0.3, 0.4) is 0 Å². The van der Waals surface area contributed by atoms with Gasteiger partial charge in [-0.3, -0.25) is 24.0 Å². The van der Waals surface area contributed by atoms with Gasteiger partial charge in [0.1, 0.15) is 12.1 Å². The van der Waals surface area contributed by atoms with Crippen molar-refractivity contribution in [3.63, 3.8) is 0 Å². The maximum absolute atomic E-state index is 12.4. The molecule has 13 nitrogen and oxygen atoms in total. The lowest BCUT2D eigenvalue weighted by Crippen LogP contribution is -2.55. The van der Waals surface area contributed by atoms with Gasteiger partial charge >= 0.3 is 11.9 Å². The summed E-state index contributed by atoms with van der Waals surface area (Å²) >= 11 is 0. The number of nitrogens with one attached hydrogen (secondary N) is 3.